The second-order valence-electron chi connectivity index (χ2n) is 4.19. The molecule has 2 nitrogen and oxygen atoms in total. The summed E-state index contributed by atoms with van der Waals surface area (Å²) in [7, 11) is 0. The van der Waals surface area contributed by atoms with Crippen molar-refractivity contribution in [3.05, 3.63) is 29.8 Å². The zero-order chi connectivity index (χ0) is 13.2. The van der Waals surface area contributed by atoms with Gasteiger partial charge in [0.1, 0.15) is 5.75 Å². The molecule has 0 bridgehead atoms. The number of hydrogen-bond acceptors (Lipinski definition) is 3. The van der Waals surface area contributed by atoms with Crippen LogP contribution in [0.3, 0.4) is 0 Å². The van der Waals surface area contributed by atoms with Crippen LogP contribution in [-0.2, 0) is 0 Å². The predicted molar refractivity (Wildman–Crippen MR) is 65.5 cm³/mol. The summed E-state index contributed by atoms with van der Waals surface area (Å²) in [6.45, 7) is 3.00. The molecular weight excluding hydrogens is 263 g/mol. The topological polar surface area (TPSA) is 21.3 Å². The Kier molecular flexibility index (Phi) is 4.07. The highest BCUT2D eigenvalue weighted by Crippen LogP contribution is 2.36. The highest BCUT2D eigenvalue weighted by atomic mass is 32.2. The Hall–Kier alpha value is -0.880. The summed E-state index contributed by atoms with van der Waals surface area (Å²) in [5, 5.41) is 3.82. The number of alkyl halides is 3. The lowest BCUT2D eigenvalue weighted by Crippen LogP contribution is -2.28. The predicted octanol–water partition coefficient (Wildman–Crippen LogP) is 3.70. The molecule has 1 saturated heterocycles. The minimum atomic E-state index is -4.64. The molecular formula is C12H14F3NOS. The highest BCUT2D eigenvalue weighted by Gasteiger charge is 2.31. The number of ether oxygens (including phenoxy) is 1. The summed E-state index contributed by atoms with van der Waals surface area (Å²) in [6.07, 6.45) is -3.57. The maximum atomic E-state index is 12.1. The van der Waals surface area contributed by atoms with Gasteiger partial charge in [0.25, 0.3) is 0 Å². The van der Waals surface area contributed by atoms with Gasteiger partial charge in [-0.3, -0.25) is 0 Å². The zero-order valence-electron chi connectivity index (χ0n) is 9.83. The van der Waals surface area contributed by atoms with Crippen LogP contribution in [-0.4, -0.2) is 18.2 Å². The second-order valence-corrected chi connectivity index (χ2v) is 5.74. The van der Waals surface area contributed by atoms with E-state index >= 15 is 0 Å². The fourth-order valence-electron chi connectivity index (χ4n) is 1.84. The van der Waals surface area contributed by atoms with Gasteiger partial charge in [-0.15, -0.1) is 24.9 Å². The van der Waals surface area contributed by atoms with E-state index in [1.54, 1.807) is 17.8 Å². The molecule has 2 unspecified atom stereocenters. The van der Waals surface area contributed by atoms with Crippen LogP contribution in [0.1, 0.15) is 24.3 Å². The standard InChI is InChI=1S/C12H14F3NOS/c1-8-5-6-16-11(18-8)9-3-2-4-10(7-9)17-12(13,14)15/h2-4,7-8,11,16H,5-6H2,1H3. The number of halogens is 3. The van der Waals surface area contributed by atoms with E-state index in [9.17, 15) is 13.2 Å². The normalized spacial score (nSPS) is 24.9. The molecule has 1 heterocycles. The third kappa shape index (κ3) is 3.81. The monoisotopic (exact) mass is 277 g/mol. The van der Waals surface area contributed by atoms with Gasteiger partial charge in [-0.05, 0) is 30.7 Å². The molecule has 0 amide bonds. The van der Waals surface area contributed by atoms with Crippen LogP contribution in [0, 0.1) is 0 Å². The molecule has 6 heteroatoms. The maximum Gasteiger partial charge on any atom is 0.573 e. The minimum absolute atomic E-state index is 0.0329. The van der Waals surface area contributed by atoms with E-state index in [2.05, 4.69) is 17.0 Å². The SMILES string of the molecule is CC1CCNC(c2cccc(OC(F)(F)F)c2)S1. The first-order chi connectivity index (χ1) is 8.44. The van der Waals surface area contributed by atoms with Crippen LogP contribution in [0.2, 0.25) is 0 Å². The molecule has 100 valence electrons. The molecule has 1 aromatic rings. The van der Waals surface area contributed by atoms with Crippen LogP contribution in [0.15, 0.2) is 24.3 Å². The number of rotatable bonds is 2. The number of nitrogens with one attached hydrogen (secondary N) is 1. The summed E-state index contributed by atoms with van der Waals surface area (Å²) < 4.78 is 40.3. The third-order valence-corrected chi connectivity index (χ3v) is 4.05. The van der Waals surface area contributed by atoms with Gasteiger partial charge >= 0.3 is 6.36 Å². The van der Waals surface area contributed by atoms with Crippen molar-refractivity contribution in [2.45, 2.75) is 30.3 Å². The van der Waals surface area contributed by atoms with Crippen LogP contribution >= 0.6 is 11.8 Å². The quantitative estimate of drug-likeness (QED) is 0.890. The van der Waals surface area contributed by atoms with E-state index in [1.165, 1.54) is 12.1 Å². The van der Waals surface area contributed by atoms with Crippen LogP contribution in [0.5, 0.6) is 5.75 Å². The summed E-state index contributed by atoms with van der Waals surface area (Å²) in [6, 6.07) is 6.15. The van der Waals surface area contributed by atoms with E-state index < -0.39 is 6.36 Å². The first kappa shape index (κ1) is 13.5. The smallest absolute Gasteiger partial charge is 0.406 e. The minimum Gasteiger partial charge on any atom is -0.406 e. The Morgan fingerprint density at radius 1 is 1.39 bits per heavy atom. The Morgan fingerprint density at radius 2 is 2.17 bits per heavy atom. The van der Waals surface area contributed by atoms with Gasteiger partial charge in [0, 0.05) is 5.25 Å². The maximum absolute atomic E-state index is 12.1. The average Bonchev–Trinajstić information content (AvgIpc) is 2.27. The molecule has 1 aliphatic heterocycles. The van der Waals surface area contributed by atoms with Crippen molar-refractivity contribution in [3.8, 4) is 5.75 Å². The van der Waals surface area contributed by atoms with Gasteiger partial charge in [0.15, 0.2) is 0 Å². The van der Waals surface area contributed by atoms with Crippen molar-refractivity contribution in [1.29, 1.82) is 0 Å². The first-order valence-corrected chi connectivity index (χ1v) is 6.63. The molecule has 0 aromatic heterocycles. The molecule has 2 rings (SSSR count). The molecule has 1 aromatic carbocycles. The molecule has 1 N–H and O–H groups in total. The first-order valence-electron chi connectivity index (χ1n) is 5.68. The van der Waals surface area contributed by atoms with Gasteiger partial charge < -0.3 is 10.1 Å². The number of benzene rings is 1. The highest BCUT2D eigenvalue weighted by molar-refractivity contribution is 8.00. The van der Waals surface area contributed by atoms with Crippen LogP contribution in [0.4, 0.5) is 13.2 Å². The molecule has 0 radical (unpaired) electrons. The average molecular weight is 277 g/mol. The van der Waals surface area contributed by atoms with Gasteiger partial charge in [-0.25, -0.2) is 0 Å². The van der Waals surface area contributed by atoms with Crippen molar-refractivity contribution in [2.24, 2.45) is 0 Å². The lowest BCUT2D eigenvalue weighted by atomic mass is 10.2. The molecule has 0 spiro atoms. The number of hydrogen-bond donors (Lipinski definition) is 1. The van der Waals surface area contributed by atoms with E-state index in [-0.39, 0.29) is 11.1 Å². The Balaban J connectivity index is 2.11. The summed E-state index contributed by atoms with van der Waals surface area (Å²) in [5.74, 6) is -0.166. The van der Waals surface area contributed by atoms with Gasteiger partial charge in [-0.2, -0.15) is 0 Å². The van der Waals surface area contributed by atoms with E-state index in [4.69, 9.17) is 0 Å². The van der Waals surface area contributed by atoms with E-state index in [1.807, 2.05) is 6.07 Å². The van der Waals surface area contributed by atoms with Gasteiger partial charge in [0.05, 0.1) is 5.37 Å². The van der Waals surface area contributed by atoms with Crippen molar-refractivity contribution in [2.75, 3.05) is 6.54 Å². The molecule has 18 heavy (non-hydrogen) atoms. The largest absolute Gasteiger partial charge is 0.573 e. The fraction of sp³-hybridized carbons (Fsp3) is 0.500. The third-order valence-electron chi connectivity index (χ3n) is 2.64. The van der Waals surface area contributed by atoms with Crippen molar-refractivity contribution in [3.63, 3.8) is 0 Å². The fourth-order valence-corrected chi connectivity index (χ4v) is 3.07. The van der Waals surface area contributed by atoms with Crippen molar-refractivity contribution < 1.29 is 17.9 Å². The van der Waals surface area contributed by atoms with Crippen molar-refractivity contribution in [1.82, 2.24) is 5.32 Å². The second kappa shape index (κ2) is 5.40. The summed E-state index contributed by atoms with van der Waals surface area (Å²) in [4.78, 5) is 0. The summed E-state index contributed by atoms with van der Waals surface area (Å²) >= 11 is 1.72. The molecule has 2 atom stereocenters. The van der Waals surface area contributed by atoms with Gasteiger partial charge in [0.2, 0.25) is 0 Å². The Bertz CT molecular complexity index is 411. The zero-order valence-corrected chi connectivity index (χ0v) is 10.6. The van der Waals surface area contributed by atoms with E-state index in [0.717, 1.165) is 18.5 Å². The molecule has 0 aliphatic carbocycles. The number of thioether (sulfide) groups is 1. The van der Waals surface area contributed by atoms with E-state index in [0.29, 0.717) is 5.25 Å². The van der Waals surface area contributed by atoms with Crippen molar-refractivity contribution >= 4 is 11.8 Å². The van der Waals surface area contributed by atoms with Crippen LogP contribution < -0.4 is 10.1 Å². The van der Waals surface area contributed by atoms with Crippen LogP contribution in [0.25, 0.3) is 0 Å². The lowest BCUT2D eigenvalue weighted by Gasteiger charge is -2.28. The van der Waals surface area contributed by atoms with Gasteiger partial charge in [-0.1, -0.05) is 19.1 Å². The lowest BCUT2D eigenvalue weighted by molar-refractivity contribution is -0.274. The summed E-state index contributed by atoms with van der Waals surface area (Å²) in [5.41, 5.74) is 0.813. The molecule has 1 fully saturated rings. The Labute approximate surface area is 108 Å². The molecule has 0 saturated carbocycles. The molecule has 1 aliphatic rings. The Morgan fingerprint density at radius 3 is 2.83 bits per heavy atom.